The number of nitrogens with zero attached hydrogens (tertiary/aromatic N) is 2. The first-order valence-corrected chi connectivity index (χ1v) is 10.3. The van der Waals surface area contributed by atoms with Gasteiger partial charge >= 0.3 is 0 Å². The van der Waals surface area contributed by atoms with Gasteiger partial charge < -0.3 is 5.32 Å². The number of carbonyl (C=O) groups excluding carboxylic acids is 1. The molecule has 1 N–H and O–H groups in total. The Bertz CT molecular complexity index is 1210. The lowest BCUT2D eigenvalue weighted by Crippen LogP contribution is -2.31. The van der Waals surface area contributed by atoms with Crippen molar-refractivity contribution >= 4 is 33.1 Å². The standard InChI is InChI=1S/C23H21N3O2S/c1-3-16-9-11-18(12-10-16)25-21(27)15(2)26-14-24-22-19(23(26)28)13-20(29-22)17-7-5-4-6-8-17/h4-15H,3H2,1-2H3,(H,25,27). The normalized spacial score (nSPS) is 12.1. The van der Waals surface area contributed by atoms with Crippen LogP contribution in [0.1, 0.15) is 25.5 Å². The summed E-state index contributed by atoms with van der Waals surface area (Å²) in [6.45, 7) is 3.79. The predicted octanol–water partition coefficient (Wildman–Crippen LogP) is 4.89. The molecule has 0 fully saturated rings. The van der Waals surface area contributed by atoms with E-state index >= 15 is 0 Å². The van der Waals surface area contributed by atoms with Gasteiger partial charge in [-0.25, -0.2) is 4.98 Å². The SMILES string of the molecule is CCc1ccc(NC(=O)C(C)n2cnc3sc(-c4ccccc4)cc3c2=O)cc1. The van der Waals surface area contributed by atoms with Gasteiger partial charge in [-0.3, -0.25) is 14.2 Å². The maximum atomic E-state index is 13.0. The van der Waals surface area contributed by atoms with E-state index < -0.39 is 6.04 Å². The molecule has 146 valence electrons. The summed E-state index contributed by atoms with van der Waals surface area (Å²) in [5.41, 5.74) is 2.75. The second kappa shape index (κ2) is 8.01. The number of aromatic nitrogens is 2. The van der Waals surface area contributed by atoms with Crippen molar-refractivity contribution in [1.29, 1.82) is 0 Å². The molecule has 1 amide bonds. The first-order valence-electron chi connectivity index (χ1n) is 9.52. The molecular weight excluding hydrogens is 382 g/mol. The van der Waals surface area contributed by atoms with E-state index in [-0.39, 0.29) is 11.5 Å². The highest BCUT2D eigenvalue weighted by Gasteiger charge is 2.19. The molecule has 4 aromatic rings. The zero-order chi connectivity index (χ0) is 20.4. The summed E-state index contributed by atoms with van der Waals surface area (Å²) in [6, 6.07) is 18.8. The van der Waals surface area contributed by atoms with Gasteiger partial charge in [0.1, 0.15) is 10.9 Å². The molecule has 0 saturated carbocycles. The van der Waals surface area contributed by atoms with Crippen LogP contribution in [0.15, 0.2) is 71.8 Å². The van der Waals surface area contributed by atoms with Gasteiger partial charge in [0.2, 0.25) is 5.91 Å². The first-order chi connectivity index (χ1) is 14.1. The van der Waals surface area contributed by atoms with Crippen molar-refractivity contribution in [3.05, 3.63) is 82.9 Å². The number of nitrogens with one attached hydrogen (secondary N) is 1. The van der Waals surface area contributed by atoms with Gasteiger partial charge in [-0.05, 0) is 42.7 Å². The van der Waals surface area contributed by atoms with Crippen LogP contribution in [-0.4, -0.2) is 15.5 Å². The summed E-state index contributed by atoms with van der Waals surface area (Å²) in [4.78, 5) is 31.8. The molecular formula is C23H21N3O2S. The molecule has 0 aliphatic rings. The number of thiophene rings is 1. The van der Waals surface area contributed by atoms with Crippen molar-refractivity contribution in [1.82, 2.24) is 9.55 Å². The van der Waals surface area contributed by atoms with Crippen molar-refractivity contribution < 1.29 is 4.79 Å². The Balaban J connectivity index is 1.61. The van der Waals surface area contributed by atoms with Gasteiger partial charge in [0.05, 0.1) is 11.7 Å². The van der Waals surface area contributed by atoms with E-state index in [0.717, 1.165) is 16.9 Å². The smallest absolute Gasteiger partial charge is 0.262 e. The average molecular weight is 404 g/mol. The fourth-order valence-electron chi connectivity index (χ4n) is 3.15. The summed E-state index contributed by atoms with van der Waals surface area (Å²) in [5.74, 6) is -0.254. The number of hydrogen-bond acceptors (Lipinski definition) is 4. The molecule has 29 heavy (non-hydrogen) atoms. The number of anilines is 1. The molecule has 0 bridgehead atoms. The molecule has 5 nitrogen and oxygen atoms in total. The van der Waals surface area contributed by atoms with Crippen LogP contribution < -0.4 is 10.9 Å². The Labute approximate surface area is 172 Å². The minimum Gasteiger partial charge on any atom is -0.324 e. The van der Waals surface area contributed by atoms with Crippen LogP contribution in [0, 0.1) is 0 Å². The molecule has 0 saturated heterocycles. The highest BCUT2D eigenvalue weighted by molar-refractivity contribution is 7.21. The maximum absolute atomic E-state index is 13.0. The van der Waals surface area contributed by atoms with Gasteiger partial charge in [0.15, 0.2) is 0 Å². The number of amides is 1. The van der Waals surface area contributed by atoms with E-state index in [4.69, 9.17) is 0 Å². The molecule has 4 rings (SSSR count). The average Bonchev–Trinajstić information content (AvgIpc) is 3.20. The van der Waals surface area contributed by atoms with Crippen molar-refractivity contribution in [2.24, 2.45) is 0 Å². The third kappa shape index (κ3) is 3.84. The zero-order valence-electron chi connectivity index (χ0n) is 16.3. The minimum absolute atomic E-state index is 0.211. The Morgan fingerprint density at radius 1 is 1.14 bits per heavy atom. The van der Waals surface area contributed by atoms with E-state index in [9.17, 15) is 9.59 Å². The fraction of sp³-hybridized carbons (Fsp3) is 0.174. The third-order valence-corrected chi connectivity index (χ3v) is 6.05. The lowest BCUT2D eigenvalue weighted by atomic mass is 10.1. The molecule has 1 unspecified atom stereocenters. The van der Waals surface area contributed by atoms with Gasteiger partial charge in [0.25, 0.3) is 5.56 Å². The van der Waals surface area contributed by atoms with Crippen LogP contribution in [0.4, 0.5) is 5.69 Å². The van der Waals surface area contributed by atoms with Gasteiger partial charge in [0, 0.05) is 10.6 Å². The Morgan fingerprint density at radius 2 is 1.86 bits per heavy atom. The predicted molar refractivity (Wildman–Crippen MR) is 118 cm³/mol. The van der Waals surface area contributed by atoms with E-state index in [2.05, 4.69) is 17.2 Å². The number of aryl methyl sites for hydroxylation is 1. The van der Waals surface area contributed by atoms with Crippen LogP contribution in [0.5, 0.6) is 0 Å². The molecule has 6 heteroatoms. The molecule has 0 spiro atoms. The van der Waals surface area contributed by atoms with Crippen molar-refractivity contribution in [3.63, 3.8) is 0 Å². The van der Waals surface area contributed by atoms with Gasteiger partial charge in [-0.2, -0.15) is 0 Å². The first kappa shape index (κ1) is 19.1. The van der Waals surface area contributed by atoms with E-state index in [0.29, 0.717) is 15.9 Å². The Hall–Kier alpha value is -3.25. The Morgan fingerprint density at radius 3 is 2.55 bits per heavy atom. The second-order valence-corrected chi connectivity index (χ2v) is 7.90. The summed E-state index contributed by atoms with van der Waals surface area (Å²) in [5, 5.41) is 3.40. The van der Waals surface area contributed by atoms with Crippen LogP contribution in [0.25, 0.3) is 20.7 Å². The summed E-state index contributed by atoms with van der Waals surface area (Å²) >= 11 is 1.47. The number of rotatable bonds is 5. The minimum atomic E-state index is -0.676. The summed E-state index contributed by atoms with van der Waals surface area (Å²) in [6.07, 6.45) is 2.40. The van der Waals surface area contributed by atoms with Crippen molar-refractivity contribution in [3.8, 4) is 10.4 Å². The van der Waals surface area contributed by atoms with Crippen molar-refractivity contribution in [2.45, 2.75) is 26.3 Å². The van der Waals surface area contributed by atoms with E-state index in [1.54, 1.807) is 6.92 Å². The van der Waals surface area contributed by atoms with Gasteiger partial charge in [-0.1, -0.05) is 49.4 Å². The highest BCUT2D eigenvalue weighted by atomic mass is 32.1. The fourth-order valence-corrected chi connectivity index (χ4v) is 4.15. The Kier molecular flexibility index (Phi) is 5.27. The quantitative estimate of drug-likeness (QED) is 0.516. The zero-order valence-corrected chi connectivity index (χ0v) is 17.1. The van der Waals surface area contributed by atoms with Crippen LogP contribution in [0.3, 0.4) is 0 Å². The number of fused-ring (bicyclic) bond motifs is 1. The molecule has 2 heterocycles. The topological polar surface area (TPSA) is 64.0 Å². The largest absolute Gasteiger partial charge is 0.324 e. The second-order valence-electron chi connectivity index (χ2n) is 6.87. The molecule has 2 aromatic carbocycles. The maximum Gasteiger partial charge on any atom is 0.262 e. The van der Waals surface area contributed by atoms with E-state index in [1.807, 2.05) is 60.7 Å². The molecule has 2 aromatic heterocycles. The van der Waals surface area contributed by atoms with Crippen LogP contribution >= 0.6 is 11.3 Å². The molecule has 0 aliphatic carbocycles. The van der Waals surface area contributed by atoms with Gasteiger partial charge in [-0.15, -0.1) is 11.3 Å². The molecule has 1 atom stereocenters. The number of benzene rings is 2. The molecule has 0 radical (unpaired) electrons. The highest BCUT2D eigenvalue weighted by Crippen LogP contribution is 2.30. The number of hydrogen-bond donors (Lipinski definition) is 1. The van der Waals surface area contributed by atoms with Crippen LogP contribution in [-0.2, 0) is 11.2 Å². The summed E-state index contributed by atoms with van der Waals surface area (Å²) in [7, 11) is 0. The third-order valence-electron chi connectivity index (χ3n) is 4.96. The monoisotopic (exact) mass is 403 g/mol. The number of carbonyl (C=O) groups is 1. The lowest BCUT2D eigenvalue weighted by Gasteiger charge is -2.15. The molecule has 0 aliphatic heterocycles. The van der Waals surface area contributed by atoms with E-state index in [1.165, 1.54) is 27.8 Å². The van der Waals surface area contributed by atoms with Crippen LogP contribution in [0.2, 0.25) is 0 Å². The van der Waals surface area contributed by atoms with Crippen molar-refractivity contribution in [2.75, 3.05) is 5.32 Å². The summed E-state index contributed by atoms with van der Waals surface area (Å²) < 4.78 is 1.39. The lowest BCUT2D eigenvalue weighted by molar-refractivity contribution is -0.118.